The molecule has 3 rings (SSSR count). The maximum Gasteiger partial charge on any atom is 0.307 e. The molecule has 5 nitrogen and oxygen atoms in total. The molecule has 1 heterocycles. The number of fused-ring (bicyclic) bond motifs is 2. The smallest absolute Gasteiger partial charge is 0.307 e. The molecule has 1 aromatic heterocycles. The van der Waals surface area contributed by atoms with E-state index in [9.17, 15) is 14.7 Å². The first-order valence-corrected chi connectivity index (χ1v) is 8.10. The molecular formula is C18H22N2O3. The molecule has 0 saturated heterocycles. The zero-order chi connectivity index (χ0) is 16.6. The SMILES string of the molecule is CC(C)[C@H](NC(=O)[C@H]1[C@@H](C(=O)O)[C@H]2C=C[C@H]1C2)c1ccncc1. The number of carboxylic acid groups (broad SMARTS) is 1. The summed E-state index contributed by atoms with van der Waals surface area (Å²) < 4.78 is 0. The molecule has 0 unspecified atom stereocenters. The van der Waals surface area contributed by atoms with Gasteiger partial charge in [0.2, 0.25) is 5.91 Å². The van der Waals surface area contributed by atoms with Gasteiger partial charge in [0.1, 0.15) is 0 Å². The van der Waals surface area contributed by atoms with Gasteiger partial charge < -0.3 is 10.4 Å². The number of hydrogen-bond donors (Lipinski definition) is 2. The molecule has 5 heteroatoms. The maximum atomic E-state index is 12.8. The number of nitrogens with one attached hydrogen (secondary N) is 1. The van der Waals surface area contributed by atoms with Crippen molar-refractivity contribution in [2.45, 2.75) is 26.3 Å². The second-order valence-electron chi connectivity index (χ2n) is 6.85. The van der Waals surface area contributed by atoms with Crippen LogP contribution < -0.4 is 5.32 Å². The highest BCUT2D eigenvalue weighted by Crippen LogP contribution is 2.48. The third kappa shape index (κ3) is 2.87. The van der Waals surface area contributed by atoms with Gasteiger partial charge in [-0.15, -0.1) is 0 Å². The van der Waals surface area contributed by atoms with Gasteiger partial charge in [0, 0.05) is 12.4 Å². The fraction of sp³-hybridized carbons (Fsp3) is 0.500. The minimum atomic E-state index is -0.869. The lowest BCUT2D eigenvalue weighted by molar-refractivity contribution is -0.148. The van der Waals surface area contributed by atoms with Gasteiger partial charge in [-0.2, -0.15) is 0 Å². The number of rotatable bonds is 5. The molecule has 2 bridgehead atoms. The predicted molar refractivity (Wildman–Crippen MR) is 85.3 cm³/mol. The molecule has 0 spiro atoms. The van der Waals surface area contributed by atoms with E-state index in [1.54, 1.807) is 12.4 Å². The van der Waals surface area contributed by atoms with Crippen molar-refractivity contribution in [1.29, 1.82) is 0 Å². The van der Waals surface area contributed by atoms with Gasteiger partial charge in [-0.25, -0.2) is 0 Å². The largest absolute Gasteiger partial charge is 0.481 e. The Balaban J connectivity index is 1.80. The lowest BCUT2D eigenvalue weighted by atomic mass is 9.82. The van der Waals surface area contributed by atoms with Crippen LogP contribution in [0.3, 0.4) is 0 Å². The molecule has 1 fully saturated rings. The van der Waals surface area contributed by atoms with Crippen LogP contribution in [0.25, 0.3) is 0 Å². The Kier molecular flexibility index (Phi) is 4.20. The summed E-state index contributed by atoms with van der Waals surface area (Å²) in [5.74, 6) is -1.84. The van der Waals surface area contributed by atoms with E-state index in [1.807, 2.05) is 38.1 Å². The number of allylic oxidation sites excluding steroid dienone is 2. The summed E-state index contributed by atoms with van der Waals surface area (Å²) >= 11 is 0. The first-order chi connectivity index (χ1) is 11.0. The molecule has 23 heavy (non-hydrogen) atoms. The molecule has 2 N–H and O–H groups in total. The number of pyridine rings is 1. The summed E-state index contributed by atoms with van der Waals surface area (Å²) in [6.45, 7) is 4.08. The van der Waals surface area contributed by atoms with Gasteiger partial charge in [0.05, 0.1) is 17.9 Å². The Labute approximate surface area is 135 Å². The monoisotopic (exact) mass is 314 g/mol. The van der Waals surface area contributed by atoms with E-state index in [2.05, 4.69) is 10.3 Å². The lowest BCUT2D eigenvalue weighted by Gasteiger charge is -2.28. The normalized spacial score (nSPS) is 29.7. The van der Waals surface area contributed by atoms with Gasteiger partial charge in [0.25, 0.3) is 0 Å². The highest BCUT2D eigenvalue weighted by atomic mass is 16.4. The fourth-order valence-corrected chi connectivity index (χ4v) is 3.97. The molecule has 0 aliphatic heterocycles. The average molecular weight is 314 g/mol. The number of carbonyl (C=O) groups excluding carboxylic acids is 1. The summed E-state index contributed by atoms with van der Waals surface area (Å²) in [4.78, 5) is 28.4. The van der Waals surface area contributed by atoms with E-state index < -0.39 is 17.8 Å². The highest BCUT2D eigenvalue weighted by Gasteiger charge is 2.51. The van der Waals surface area contributed by atoms with Crippen LogP contribution in [0.15, 0.2) is 36.7 Å². The molecule has 2 aliphatic carbocycles. The molecule has 122 valence electrons. The van der Waals surface area contributed by atoms with Crippen molar-refractivity contribution in [3.63, 3.8) is 0 Å². The minimum Gasteiger partial charge on any atom is -0.481 e. The second kappa shape index (κ2) is 6.14. The second-order valence-corrected chi connectivity index (χ2v) is 6.85. The van der Waals surface area contributed by atoms with Crippen LogP contribution in [0.4, 0.5) is 0 Å². The van der Waals surface area contributed by atoms with E-state index in [0.717, 1.165) is 12.0 Å². The van der Waals surface area contributed by atoms with Crippen LogP contribution in [0, 0.1) is 29.6 Å². The summed E-state index contributed by atoms with van der Waals surface area (Å²) in [5.41, 5.74) is 0.994. The molecule has 1 aromatic rings. The number of aromatic nitrogens is 1. The van der Waals surface area contributed by atoms with Crippen molar-refractivity contribution in [2.24, 2.45) is 29.6 Å². The third-order valence-electron chi connectivity index (χ3n) is 5.08. The van der Waals surface area contributed by atoms with Crippen molar-refractivity contribution < 1.29 is 14.7 Å². The molecule has 0 aromatic carbocycles. The first kappa shape index (κ1) is 15.7. The quantitative estimate of drug-likeness (QED) is 0.818. The Morgan fingerprint density at radius 3 is 2.35 bits per heavy atom. The highest BCUT2D eigenvalue weighted by molar-refractivity contribution is 5.87. The van der Waals surface area contributed by atoms with E-state index in [-0.39, 0.29) is 29.7 Å². The molecule has 5 atom stereocenters. The van der Waals surface area contributed by atoms with E-state index in [0.29, 0.717) is 0 Å². The Morgan fingerprint density at radius 1 is 1.17 bits per heavy atom. The van der Waals surface area contributed by atoms with Gasteiger partial charge in [0.15, 0.2) is 0 Å². The molecule has 2 aliphatic rings. The van der Waals surface area contributed by atoms with Gasteiger partial charge >= 0.3 is 5.97 Å². The standard InChI is InChI=1S/C18H22N2O3/c1-10(2)16(11-5-7-19-8-6-11)20-17(21)14-12-3-4-13(9-12)15(14)18(22)23/h3-8,10,12-16H,9H2,1-2H3,(H,20,21)(H,22,23)/t12-,13-,14+,15-,16-/m0/s1. The zero-order valence-electron chi connectivity index (χ0n) is 13.3. The maximum absolute atomic E-state index is 12.8. The topological polar surface area (TPSA) is 79.3 Å². The Morgan fingerprint density at radius 2 is 1.78 bits per heavy atom. The number of hydrogen-bond acceptors (Lipinski definition) is 3. The minimum absolute atomic E-state index is 0.00771. The van der Waals surface area contributed by atoms with E-state index in [4.69, 9.17) is 0 Å². The van der Waals surface area contributed by atoms with Crippen LogP contribution in [0.5, 0.6) is 0 Å². The van der Waals surface area contributed by atoms with Crippen LogP contribution in [0.1, 0.15) is 31.9 Å². The van der Waals surface area contributed by atoms with Crippen molar-refractivity contribution in [3.05, 3.63) is 42.2 Å². The number of nitrogens with zero attached hydrogens (tertiary/aromatic N) is 1. The summed E-state index contributed by atoms with van der Waals surface area (Å²) in [7, 11) is 0. The number of aliphatic carboxylic acids is 1. The number of carbonyl (C=O) groups is 2. The van der Waals surface area contributed by atoms with Gasteiger partial charge in [-0.3, -0.25) is 14.6 Å². The Bertz CT molecular complexity index is 626. The van der Waals surface area contributed by atoms with Crippen molar-refractivity contribution in [3.8, 4) is 0 Å². The zero-order valence-corrected chi connectivity index (χ0v) is 13.3. The van der Waals surface area contributed by atoms with Gasteiger partial charge in [-0.05, 0) is 41.9 Å². The van der Waals surface area contributed by atoms with Crippen LogP contribution >= 0.6 is 0 Å². The summed E-state index contributed by atoms with van der Waals surface area (Å²) in [6, 6.07) is 3.64. The number of amides is 1. The Hall–Kier alpha value is -2.17. The van der Waals surface area contributed by atoms with Crippen LogP contribution in [0.2, 0.25) is 0 Å². The van der Waals surface area contributed by atoms with E-state index in [1.165, 1.54) is 0 Å². The van der Waals surface area contributed by atoms with Crippen molar-refractivity contribution >= 4 is 11.9 Å². The predicted octanol–water partition coefficient (Wildman–Crippen LogP) is 2.42. The summed E-state index contributed by atoms with van der Waals surface area (Å²) in [5, 5.41) is 12.6. The molecular weight excluding hydrogens is 292 g/mol. The average Bonchev–Trinajstić information content (AvgIpc) is 3.13. The van der Waals surface area contributed by atoms with Gasteiger partial charge in [-0.1, -0.05) is 26.0 Å². The van der Waals surface area contributed by atoms with Crippen molar-refractivity contribution in [1.82, 2.24) is 10.3 Å². The lowest BCUT2D eigenvalue weighted by Crippen LogP contribution is -2.42. The fourth-order valence-electron chi connectivity index (χ4n) is 3.97. The van der Waals surface area contributed by atoms with E-state index >= 15 is 0 Å². The first-order valence-electron chi connectivity index (χ1n) is 8.10. The molecule has 0 radical (unpaired) electrons. The van der Waals surface area contributed by atoms with Crippen LogP contribution in [-0.2, 0) is 9.59 Å². The molecule has 1 saturated carbocycles. The van der Waals surface area contributed by atoms with Crippen LogP contribution in [-0.4, -0.2) is 22.0 Å². The summed E-state index contributed by atoms with van der Waals surface area (Å²) in [6.07, 6.45) is 8.15. The number of carboxylic acids is 1. The molecule has 1 amide bonds. The van der Waals surface area contributed by atoms with Crippen molar-refractivity contribution in [2.75, 3.05) is 0 Å². The third-order valence-corrected chi connectivity index (χ3v) is 5.08.